The van der Waals surface area contributed by atoms with Crippen molar-refractivity contribution in [3.05, 3.63) is 35.9 Å². The molecule has 0 fully saturated rings. The Morgan fingerprint density at radius 1 is 1.00 bits per heavy atom. The van der Waals surface area contributed by atoms with Crippen LogP contribution in [0.15, 0.2) is 30.3 Å². The molecule has 0 spiro atoms. The third kappa shape index (κ3) is 9.57. The summed E-state index contributed by atoms with van der Waals surface area (Å²) < 4.78 is 5.52. The Morgan fingerprint density at radius 2 is 1.56 bits per heavy atom. The number of aliphatic hydroxyl groups is 1. The number of benzene rings is 1. The molecule has 0 aliphatic heterocycles. The summed E-state index contributed by atoms with van der Waals surface area (Å²) in [5, 5.41) is 19.2. The lowest BCUT2D eigenvalue weighted by molar-refractivity contribution is -0.159. The van der Waals surface area contributed by atoms with Crippen molar-refractivity contribution in [3.63, 3.8) is 0 Å². The smallest absolute Gasteiger partial charge is 0.338 e. The van der Waals surface area contributed by atoms with Crippen LogP contribution in [-0.4, -0.2) is 33.9 Å². The maximum absolute atomic E-state index is 12.3. The van der Waals surface area contributed by atoms with Crippen molar-refractivity contribution in [2.75, 3.05) is 0 Å². The Morgan fingerprint density at radius 3 is 2.11 bits per heavy atom. The average Bonchev–Trinajstić information content (AvgIpc) is 2.64. The first kappa shape index (κ1) is 23.2. The predicted molar refractivity (Wildman–Crippen MR) is 106 cm³/mol. The number of esters is 1. The lowest BCUT2D eigenvalue weighted by atomic mass is 9.95. The van der Waals surface area contributed by atoms with Gasteiger partial charge in [0.05, 0.1) is 5.56 Å². The number of unbranched alkanes of at least 4 members (excludes halogenated alkanes) is 7. The second-order valence-corrected chi connectivity index (χ2v) is 7.44. The molecule has 0 heterocycles. The highest BCUT2D eigenvalue weighted by Crippen LogP contribution is 2.21. The Hall–Kier alpha value is -1.88. The Bertz CT molecular complexity index is 553. The van der Waals surface area contributed by atoms with Gasteiger partial charge in [0.2, 0.25) is 0 Å². The van der Waals surface area contributed by atoms with Crippen molar-refractivity contribution in [3.8, 4) is 0 Å². The number of carboxylic acid groups (broad SMARTS) is 1. The van der Waals surface area contributed by atoms with E-state index in [9.17, 15) is 14.7 Å². The molecule has 152 valence electrons. The number of rotatable bonds is 14. The number of ether oxygens (including phenoxy) is 1. The highest BCUT2D eigenvalue weighted by molar-refractivity contribution is 5.89. The van der Waals surface area contributed by atoms with E-state index < -0.39 is 23.6 Å². The van der Waals surface area contributed by atoms with Crippen molar-refractivity contribution in [2.45, 2.75) is 89.8 Å². The maximum Gasteiger partial charge on any atom is 0.338 e. The molecule has 1 aromatic rings. The molecule has 0 saturated carbocycles. The van der Waals surface area contributed by atoms with Crippen LogP contribution in [0.5, 0.6) is 0 Å². The number of carboxylic acids is 1. The minimum Gasteiger partial charge on any atom is -0.479 e. The highest BCUT2D eigenvalue weighted by Gasteiger charge is 2.34. The van der Waals surface area contributed by atoms with Crippen molar-refractivity contribution < 1.29 is 24.5 Å². The first-order valence-electron chi connectivity index (χ1n) is 10.1. The summed E-state index contributed by atoms with van der Waals surface area (Å²) in [6, 6.07) is 8.62. The molecule has 0 aliphatic rings. The number of hydrogen-bond acceptors (Lipinski definition) is 4. The van der Waals surface area contributed by atoms with Gasteiger partial charge in [-0.3, -0.25) is 0 Å². The van der Waals surface area contributed by atoms with Gasteiger partial charge in [-0.1, -0.05) is 70.1 Å². The van der Waals surface area contributed by atoms with Crippen LogP contribution < -0.4 is 0 Å². The van der Waals surface area contributed by atoms with Crippen LogP contribution in [-0.2, 0) is 9.53 Å². The number of carbonyl (C=O) groups is 2. The molecule has 0 bridgehead atoms. The van der Waals surface area contributed by atoms with Crippen LogP contribution >= 0.6 is 0 Å². The van der Waals surface area contributed by atoms with Gasteiger partial charge < -0.3 is 14.9 Å². The first-order chi connectivity index (χ1) is 12.9. The minimum absolute atomic E-state index is 0.114. The van der Waals surface area contributed by atoms with Crippen LogP contribution in [0, 0.1) is 0 Å². The molecule has 5 nitrogen and oxygen atoms in total. The van der Waals surface area contributed by atoms with Gasteiger partial charge in [-0.15, -0.1) is 0 Å². The molecule has 27 heavy (non-hydrogen) atoms. The fraction of sp³-hybridized carbons (Fsp3) is 0.636. The number of carbonyl (C=O) groups excluding carboxylic acids is 1. The number of hydrogen-bond donors (Lipinski definition) is 2. The van der Waals surface area contributed by atoms with Crippen molar-refractivity contribution in [1.82, 2.24) is 0 Å². The summed E-state index contributed by atoms with van der Waals surface area (Å²) in [5.41, 5.74) is -1.49. The standard InChI is InChI=1S/C22H34O5/c1-3-4-5-6-7-8-9-13-16-19(17-22(2,26)21(24)25)27-20(23)18-14-11-10-12-15-18/h10-12,14-15,19,26H,3-9,13,16-17H2,1-2H3,(H,24,25)/t19?,22-/m0/s1. The SMILES string of the molecule is CCCCCCCCCCC(C[C@](C)(O)C(=O)O)OC(=O)c1ccccc1. The molecule has 0 aliphatic carbocycles. The van der Waals surface area contributed by atoms with Crippen molar-refractivity contribution in [2.24, 2.45) is 0 Å². The van der Waals surface area contributed by atoms with Gasteiger partial charge in [-0.05, 0) is 31.9 Å². The van der Waals surface area contributed by atoms with Gasteiger partial charge >= 0.3 is 11.9 Å². The second kappa shape index (κ2) is 12.5. The van der Waals surface area contributed by atoms with E-state index in [0.717, 1.165) is 19.3 Å². The summed E-state index contributed by atoms with van der Waals surface area (Å²) in [6.45, 7) is 3.44. The third-order valence-corrected chi connectivity index (χ3v) is 4.75. The average molecular weight is 379 g/mol. The molecule has 1 rings (SSSR count). The molecular formula is C22H34O5. The molecule has 5 heteroatoms. The molecular weight excluding hydrogens is 344 g/mol. The molecule has 0 radical (unpaired) electrons. The summed E-state index contributed by atoms with van der Waals surface area (Å²) in [5.74, 6) is -1.79. The summed E-state index contributed by atoms with van der Waals surface area (Å²) in [4.78, 5) is 23.5. The lowest BCUT2D eigenvalue weighted by Crippen LogP contribution is -2.39. The predicted octanol–water partition coefficient (Wildman–Crippen LogP) is 4.97. The van der Waals surface area contributed by atoms with E-state index in [0.29, 0.717) is 12.0 Å². The van der Waals surface area contributed by atoms with Crippen LogP contribution in [0.1, 0.15) is 88.4 Å². The zero-order valence-corrected chi connectivity index (χ0v) is 16.7. The fourth-order valence-corrected chi connectivity index (χ4v) is 3.03. The zero-order chi connectivity index (χ0) is 20.1. The molecule has 0 aromatic heterocycles. The second-order valence-electron chi connectivity index (χ2n) is 7.44. The van der Waals surface area contributed by atoms with Gasteiger partial charge in [0.25, 0.3) is 0 Å². The third-order valence-electron chi connectivity index (χ3n) is 4.75. The minimum atomic E-state index is -1.91. The maximum atomic E-state index is 12.3. The quantitative estimate of drug-likeness (QED) is 0.353. The molecule has 0 amide bonds. The van der Waals surface area contributed by atoms with E-state index in [2.05, 4.69) is 6.92 Å². The van der Waals surface area contributed by atoms with Gasteiger partial charge in [0.1, 0.15) is 6.10 Å². The first-order valence-corrected chi connectivity index (χ1v) is 10.1. The molecule has 0 saturated heterocycles. The largest absolute Gasteiger partial charge is 0.479 e. The van der Waals surface area contributed by atoms with E-state index in [-0.39, 0.29) is 6.42 Å². The normalized spacial score (nSPS) is 14.3. The topological polar surface area (TPSA) is 83.8 Å². The number of aliphatic carboxylic acids is 1. The highest BCUT2D eigenvalue weighted by atomic mass is 16.5. The zero-order valence-electron chi connectivity index (χ0n) is 16.7. The molecule has 2 N–H and O–H groups in total. The van der Waals surface area contributed by atoms with Gasteiger partial charge in [0.15, 0.2) is 5.60 Å². The van der Waals surface area contributed by atoms with Gasteiger partial charge in [0, 0.05) is 6.42 Å². The van der Waals surface area contributed by atoms with E-state index in [4.69, 9.17) is 9.84 Å². The molecule has 1 aromatic carbocycles. The van der Waals surface area contributed by atoms with Crippen molar-refractivity contribution in [1.29, 1.82) is 0 Å². The molecule has 1 unspecified atom stereocenters. The van der Waals surface area contributed by atoms with E-state index in [1.165, 1.54) is 39.0 Å². The Balaban J connectivity index is 2.51. The van der Waals surface area contributed by atoms with E-state index in [1.807, 2.05) is 6.07 Å². The fourth-order valence-electron chi connectivity index (χ4n) is 3.03. The monoisotopic (exact) mass is 378 g/mol. The van der Waals surface area contributed by atoms with E-state index >= 15 is 0 Å². The van der Waals surface area contributed by atoms with Crippen LogP contribution in [0.25, 0.3) is 0 Å². The Kier molecular flexibility index (Phi) is 10.7. The summed E-state index contributed by atoms with van der Waals surface area (Å²) in [7, 11) is 0. The lowest BCUT2D eigenvalue weighted by Gasteiger charge is -2.25. The van der Waals surface area contributed by atoms with Crippen LogP contribution in [0.2, 0.25) is 0 Å². The van der Waals surface area contributed by atoms with Gasteiger partial charge in [-0.2, -0.15) is 0 Å². The van der Waals surface area contributed by atoms with E-state index in [1.54, 1.807) is 24.3 Å². The summed E-state index contributed by atoms with van der Waals surface area (Å²) >= 11 is 0. The van der Waals surface area contributed by atoms with Gasteiger partial charge in [-0.25, -0.2) is 9.59 Å². The van der Waals surface area contributed by atoms with Crippen LogP contribution in [0.4, 0.5) is 0 Å². The molecule has 2 atom stereocenters. The van der Waals surface area contributed by atoms with Crippen LogP contribution in [0.3, 0.4) is 0 Å². The Labute approximate surface area is 162 Å². The summed E-state index contributed by atoms with van der Waals surface area (Å²) in [6.07, 6.45) is 9.03. The van der Waals surface area contributed by atoms with Crippen molar-refractivity contribution >= 4 is 11.9 Å².